The summed E-state index contributed by atoms with van der Waals surface area (Å²) in [5.74, 6) is -0.490. The van der Waals surface area contributed by atoms with Crippen molar-refractivity contribution >= 4 is 40.6 Å². The number of nitrogens with one attached hydrogen (secondary N) is 2. The van der Waals surface area contributed by atoms with E-state index in [1.54, 1.807) is 30.3 Å². The third kappa shape index (κ3) is 6.09. The van der Waals surface area contributed by atoms with Crippen LogP contribution in [0.4, 0.5) is 11.4 Å². The van der Waals surface area contributed by atoms with E-state index in [9.17, 15) is 14.4 Å². The molecule has 0 saturated heterocycles. The first-order valence-corrected chi connectivity index (χ1v) is 9.31. The van der Waals surface area contributed by atoms with Gasteiger partial charge in [-0.3, -0.25) is 14.4 Å². The van der Waals surface area contributed by atoms with E-state index in [2.05, 4.69) is 10.6 Å². The number of ether oxygens (including phenoxy) is 1. The molecule has 2 amide bonds. The summed E-state index contributed by atoms with van der Waals surface area (Å²) in [6.45, 7) is 4.92. The first-order chi connectivity index (χ1) is 13.3. The molecule has 0 aromatic heterocycles. The Morgan fingerprint density at radius 1 is 1.04 bits per heavy atom. The van der Waals surface area contributed by atoms with Gasteiger partial charge in [-0.05, 0) is 56.2 Å². The SMILES string of the molecule is CCCC(=O)Nc1ccc(OCC(=O)Nc2ccc(C)cc2Cl)c(C(C)=O)c1. The molecule has 0 atom stereocenters. The molecule has 0 saturated carbocycles. The van der Waals surface area contributed by atoms with Crippen LogP contribution in [-0.2, 0) is 9.59 Å². The molecule has 2 aromatic carbocycles. The predicted molar refractivity (Wildman–Crippen MR) is 110 cm³/mol. The van der Waals surface area contributed by atoms with Gasteiger partial charge in [0.2, 0.25) is 5.91 Å². The normalized spacial score (nSPS) is 10.3. The van der Waals surface area contributed by atoms with Gasteiger partial charge in [-0.2, -0.15) is 0 Å². The number of amides is 2. The van der Waals surface area contributed by atoms with E-state index in [1.165, 1.54) is 6.92 Å². The largest absolute Gasteiger partial charge is 0.483 e. The van der Waals surface area contributed by atoms with Gasteiger partial charge < -0.3 is 15.4 Å². The third-order valence-corrected chi connectivity index (χ3v) is 4.19. The summed E-state index contributed by atoms with van der Waals surface area (Å²) in [7, 11) is 0. The van der Waals surface area contributed by atoms with Crippen molar-refractivity contribution in [3.8, 4) is 5.75 Å². The summed E-state index contributed by atoms with van der Waals surface area (Å²) in [6, 6.07) is 10.0. The molecule has 2 N–H and O–H groups in total. The molecule has 7 heteroatoms. The Labute approximate surface area is 169 Å². The first-order valence-electron chi connectivity index (χ1n) is 8.93. The van der Waals surface area contributed by atoms with Gasteiger partial charge in [0, 0.05) is 12.1 Å². The maximum Gasteiger partial charge on any atom is 0.262 e. The van der Waals surface area contributed by atoms with Gasteiger partial charge in [-0.1, -0.05) is 24.6 Å². The zero-order valence-electron chi connectivity index (χ0n) is 16.1. The molecular formula is C21H23ClN2O4. The number of Topliss-reactive ketones (excluding diaryl/α,β-unsaturated/α-hetero) is 1. The van der Waals surface area contributed by atoms with Crippen LogP contribution in [0.3, 0.4) is 0 Å². The highest BCUT2D eigenvalue weighted by molar-refractivity contribution is 6.33. The Bertz CT molecular complexity index is 896. The number of carbonyl (C=O) groups excluding carboxylic acids is 3. The van der Waals surface area contributed by atoms with Crippen LogP contribution >= 0.6 is 11.6 Å². The van der Waals surface area contributed by atoms with Crippen molar-refractivity contribution in [2.75, 3.05) is 17.2 Å². The van der Waals surface area contributed by atoms with Crippen LogP contribution in [0, 0.1) is 6.92 Å². The Morgan fingerprint density at radius 2 is 1.79 bits per heavy atom. The first kappa shape index (κ1) is 21.4. The summed E-state index contributed by atoms with van der Waals surface area (Å²) in [5, 5.41) is 5.84. The molecule has 0 spiro atoms. The van der Waals surface area contributed by atoms with Crippen LogP contribution in [0.5, 0.6) is 5.75 Å². The minimum absolute atomic E-state index is 0.125. The zero-order valence-corrected chi connectivity index (χ0v) is 16.9. The number of aryl methyl sites for hydroxylation is 1. The molecule has 0 heterocycles. The molecule has 0 bridgehead atoms. The number of rotatable bonds is 8. The van der Waals surface area contributed by atoms with Crippen LogP contribution < -0.4 is 15.4 Å². The molecule has 0 unspecified atom stereocenters. The molecule has 0 fully saturated rings. The highest BCUT2D eigenvalue weighted by atomic mass is 35.5. The zero-order chi connectivity index (χ0) is 20.7. The molecular weight excluding hydrogens is 380 g/mol. The van der Waals surface area contributed by atoms with Crippen LogP contribution in [-0.4, -0.2) is 24.2 Å². The smallest absolute Gasteiger partial charge is 0.262 e. The van der Waals surface area contributed by atoms with Crippen molar-refractivity contribution < 1.29 is 19.1 Å². The highest BCUT2D eigenvalue weighted by Gasteiger charge is 2.13. The van der Waals surface area contributed by atoms with Crippen LogP contribution in [0.15, 0.2) is 36.4 Å². The molecule has 2 aromatic rings. The van der Waals surface area contributed by atoms with E-state index >= 15 is 0 Å². The average Bonchev–Trinajstić information content (AvgIpc) is 2.63. The number of hydrogen-bond acceptors (Lipinski definition) is 4. The van der Waals surface area contributed by atoms with Crippen molar-refractivity contribution in [3.63, 3.8) is 0 Å². The summed E-state index contributed by atoms with van der Waals surface area (Å²) in [6.07, 6.45) is 1.13. The molecule has 28 heavy (non-hydrogen) atoms. The van der Waals surface area contributed by atoms with Gasteiger partial charge in [0.1, 0.15) is 5.75 Å². The average molecular weight is 403 g/mol. The number of carbonyl (C=O) groups is 3. The van der Waals surface area contributed by atoms with Gasteiger partial charge in [0.25, 0.3) is 5.91 Å². The Hall–Kier alpha value is -2.86. The summed E-state index contributed by atoms with van der Waals surface area (Å²) in [4.78, 5) is 35.8. The van der Waals surface area contributed by atoms with Crippen molar-refractivity contribution in [2.24, 2.45) is 0 Å². The van der Waals surface area contributed by atoms with E-state index in [0.29, 0.717) is 22.8 Å². The third-order valence-electron chi connectivity index (χ3n) is 3.88. The molecule has 148 valence electrons. The Kier molecular flexibility index (Phi) is 7.58. The van der Waals surface area contributed by atoms with Gasteiger partial charge in [-0.15, -0.1) is 0 Å². The molecule has 0 aliphatic rings. The second-order valence-corrected chi connectivity index (χ2v) is 6.79. The Morgan fingerprint density at radius 3 is 2.43 bits per heavy atom. The van der Waals surface area contributed by atoms with Gasteiger partial charge in [0.05, 0.1) is 16.3 Å². The fourth-order valence-electron chi connectivity index (χ4n) is 2.51. The van der Waals surface area contributed by atoms with Gasteiger partial charge in [-0.25, -0.2) is 0 Å². The van der Waals surface area contributed by atoms with Gasteiger partial charge >= 0.3 is 0 Å². The number of halogens is 1. The monoisotopic (exact) mass is 402 g/mol. The fourth-order valence-corrected chi connectivity index (χ4v) is 2.79. The topological polar surface area (TPSA) is 84.5 Å². The molecule has 6 nitrogen and oxygen atoms in total. The second-order valence-electron chi connectivity index (χ2n) is 6.39. The van der Waals surface area contributed by atoms with E-state index in [1.807, 2.05) is 19.9 Å². The van der Waals surface area contributed by atoms with E-state index in [4.69, 9.17) is 16.3 Å². The van der Waals surface area contributed by atoms with E-state index < -0.39 is 5.91 Å². The lowest BCUT2D eigenvalue weighted by Crippen LogP contribution is -2.21. The quantitative estimate of drug-likeness (QED) is 0.631. The lowest BCUT2D eigenvalue weighted by Gasteiger charge is -2.13. The van der Waals surface area contributed by atoms with Crippen molar-refractivity contribution in [2.45, 2.75) is 33.6 Å². The molecule has 0 aliphatic carbocycles. The summed E-state index contributed by atoms with van der Waals surface area (Å²) < 4.78 is 5.51. The Balaban J connectivity index is 2.05. The lowest BCUT2D eigenvalue weighted by atomic mass is 10.1. The molecule has 2 rings (SSSR count). The highest BCUT2D eigenvalue weighted by Crippen LogP contribution is 2.25. The van der Waals surface area contributed by atoms with Crippen LogP contribution in [0.25, 0.3) is 0 Å². The fraction of sp³-hybridized carbons (Fsp3) is 0.286. The minimum Gasteiger partial charge on any atom is -0.483 e. The molecule has 0 aliphatic heterocycles. The minimum atomic E-state index is -0.402. The number of anilines is 2. The molecule has 0 radical (unpaired) electrons. The number of hydrogen-bond donors (Lipinski definition) is 2. The number of ketones is 1. The van der Waals surface area contributed by atoms with Gasteiger partial charge in [0.15, 0.2) is 12.4 Å². The maximum absolute atomic E-state index is 12.2. The van der Waals surface area contributed by atoms with Crippen LogP contribution in [0.2, 0.25) is 5.02 Å². The van der Waals surface area contributed by atoms with Crippen molar-refractivity contribution in [1.82, 2.24) is 0 Å². The number of benzene rings is 2. The maximum atomic E-state index is 12.2. The van der Waals surface area contributed by atoms with Crippen LogP contribution in [0.1, 0.15) is 42.6 Å². The summed E-state index contributed by atoms with van der Waals surface area (Å²) >= 11 is 6.10. The second kappa shape index (κ2) is 9.90. The van der Waals surface area contributed by atoms with Crippen molar-refractivity contribution in [1.29, 1.82) is 0 Å². The summed E-state index contributed by atoms with van der Waals surface area (Å²) in [5.41, 5.74) is 2.26. The van der Waals surface area contributed by atoms with E-state index in [-0.39, 0.29) is 29.6 Å². The van der Waals surface area contributed by atoms with E-state index in [0.717, 1.165) is 12.0 Å². The van der Waals surface area contributed by atoms with Crippen molar-refractivity contribution in [3.05, 3.63) is 52.5 Å². The lowest BCUT2D eigenvalue weighted by molar-refractivity contribution is -0.118. The standard InChI is InChI=1S/C21H23ClN2O4/c1-4-5-20(26)23-15-7-9-19(16(11-15)14(3)25)28-12-21(27)24-18-8-6-13(2)10-17(18)22/h6-11H,4-5,12H2,1-3H3,(H,23,26)(H,24,27). The predicted octanol–water partition coefficient (Wildman–Crippen LogP) is 4.61.